The van der Waals surface area contributed by atoms with E-state index in [1.807, 2.05) is 0 Å². The SMILES string of the molecule is CCCCC/C=C\C/C=C\CCCCCCCCCCCC(=O)OC[C@@H](COC(=O)CCCCCCC/C=C\CCCCCCCC)OC(=O)CCCCCCCCCCC/C=C\C/C=C\CCCCC. The second-order valence-electron chi connectivity index (χ2n) is 20.6. The van der Waals surface area contributed by atoms with Crippen molar-refractivity contribution in [3.05, 3.63) is 60.8 Å². The highest BCUT2D eigenvalue weighted by Gasteiger charge is 2.19. The van der Waals surface area contributed by atoms with Gasteiger partial charge in [0.25, 0.3) is 0 Å². The maximum Gasteiger partial charge on any atom is 0.306 e. The van der Waals surface area contributed by atoms with Crippen LogP contribution in [0.1, 0.15) is 316 Å². The van der Waals surface area contributed by atoms with E-state index in [9.17, 15) is 14.4 Å². The molecular formula is C65H116O6. The first-order valence-electron chi connectivity index (χ1n) is 30.8. The molecule has 1 atom stereocenters. The van der Waals surface area contributed by atoms with Gasteiger partial charge in [0, 0.05) is 19.3 Å². The number of esters is 3. The zero-order chi connectivity index (χ0) is 51.4. The molecule has 0 rings (SSSR count). The largest absolute Gasteiger partial charge is 0.462 e. The summed E-state index contributed by atoms with van der Waals surface area (Å²) in [5.74, 6) is -0.881. The van der Waals surface area contributed by atoms with E-state index in [1.165, 1.54) is 199 Å². The van der Waals surface area contributed by atoms with Crippen LogP contribution in [-0.4, -0.2) is 37.2 Å². The Morgan fingerprint density at radius 2 is 0.507 bits per heavy atom. The fourth-order valence-corrected chi connectivity index (χ4v) is 8.79. The summed E-state index contributed by atoms with van der Waals surface area (Å²) in [4.78, 5) is 38.3. The summed E-state index contributed by atoms with van der Waals surface area (Å²) in [6.45, 7) is 6.61. The first-order chi connectivity index (χ1) is 35.0. The van der Waals surface area contributed by atoms with Gasteiger partial charge in [0.1, 0.15) is 13.2 Å². The molecule has 0 unspecified atom stereocenters. The van der Waals surface area contributed by atoms with Crippen LogP contribution in [0.4, 0.5) is 0 Å². The lowest BCUT2D eigenvalue weighted by Gasteiger charge is -2.18. The van der Waals surface area contributed by atoms with Gasteiger partial charge in [-0.2, -0.15) is 0 Å². The van der Waals surface area contributed by atoms with E-state index >= 15 is 0 Å². The molecule has 0 radical (unpaired) electrons. The molecule has 0 aliphatic rings. The zero-order valence-electron chi connectivity index (χ0n) is 47.2. The van der Waals surface area contributed by atoms with E-state index in [2.05, 4.69) is 81.5 Å². The zero-order valence-corrected chi connectivity index (χ0v) is 47.2. The number of carbonyl (C=O) groups excluding carboxylic acids is 3. The minimum absolute atomic E-state index is 0.0793. The number of carbonyl (C=O) groups is 3. The predicted octanol–water partition coefficient (Wildman–Crippen LogP) is 20.8. The van der Waals surface area contributed by atoms with Crippen LogP contribution in [0.25, 0.3) is 0 Å². The van der Waals surface area contributed by atoms with Crippen LogP contribution < -0.4 is 0 Å². The van der Waals surface area contributed by atoms with Crippen molar-refractivity contribution >= 4 is 17.9 Å². The Morgan fingerprint density at radius 1 is 0.282 bits per heavy atom. The van der Waals surface area contributed by atoms with Crippen LogP contribution >= 0.6 is 0 Å². The molecule has 0 spiro atoms. The molecule has 0 saturated heterocycles. The molecule has 0 heterocycles. The van der Waals surface area contributed by atoms with E-state index in [0.717, 1.165) is 77.0 Å². The van der Waals surface area contributed by atoms with E-state index in [4.69, 9.17) is 14.2 Å². The van der Waals surface area contributed by atoms with Gasteiger partial charge in [-0.1, -0.05) is 248 Å². The first kappa shape index (κ1) is 68.1. The van der Waals surface area contributed by atoms with E-state index in [1.54, 1.807) is 0 Å². The Hall–Kier alpha value is -2.89. The van der Waals surface area contributed by atoms with Crippen molar-refractivity contribution < 1.29 is 28.6 Å². The highest BCUT2D eigenvalue weighted by molar-refractivity contribution is 5.71. The summed E-state index contributed by atoms with van der Waals surface area (Å²) in [7, 11) is 0. The Bertz CT molecular complexity index is 1280. The molecule has 0 amide bonds. The fraction of sp³-hybridized carbons (Fsp3) is 0.800. The highest BCUT2D eigenvalue weighted by atomic mass is 16.6. The molecule has 6 heteroatoms. The van der Waals surface area contributed by atoms with Crippen LogP contribution in [0.3, 0.4) is 0 Å². The van der Waals surface area contributed by atoms with Gasteiger partial charge in [-0.15, -0.1) is 0 Å². The molecule has 412 valence electrons. The smallest absolute Gasteiger partial charge is 0.306 e. The highest BCUT2D eigenvalue weighted by Crippen LogP contribution is 2.16. The predicted molar refractivity (Wildman–Crippen MR) is 307 cm³/mol. The molecule has 0 fully saturated rings. The van der Waals surface area contributed by atoms with Crippen LogP contribution in [0.15, 0.2) is 60.8 Å². The summed E-state index contributed by atoms with van der Waals surface area (Å²) >= 11 is 0. The second kappa shape index (κ2) is 59.7. The van der Waals surface area contributed by atoms with Gasteiger partial charge < -0.3 is 14.2 Å². The summed E-state index contributed by atoms with van der Waals surface area (Å²) in [5.41, 5.74) is 0. The number of rotatable bonds is 56. The third-order valence-corrected chi connectivity index (χ3v) is 13.5. The summed E-state index contributed by atoms with van der Waals surface area (Å²) in [6.07, 6.45) is 74.9. The summed E-state index contributed by atoms with van der Waals surface area (Å²) in [5, 5.41) is 0. The summed E-state index contributed by atoms with van der Waals surface area (Å²) < 4.78 is 16.9. The maximum atomic E-state index is 12.9. The van der Waals surface area contributed by atoms with Crippen molar-refractivity contribution in [2.45, 2.75) is 322 Å². The van der Waals surface area contributed by atoms with Crippen molar-refractivity contribution in [3.63, 3.8) is 0 Å². The molecule has 0 aromatic heterocycles. The number of ether oxygens (including phenoxy) is 3. The van der Waals surface area contributed by atoms with Gasteiger partial charge in [-0.05, 0) is 109 Å². The first-order valence-corrected chi connectivity index (χ1v) is 30.8. The van der Waals surface area contributed by atoms with E-state index in [-0.39, 0.29) is 31.1 Å². The fourth-order valence-electron chi connectivity index (χ4n) is 8.79. The van der Waals surface area contributed by atoms with Gasteiger partial charge in [-0.25, -0.2) is 0 Å². The van der Waals surface area contributed by atoms with Crippen LogP contribution in [0.5, 0.6) is 0 Å². The van der Waals surface area contributed by atoms with Gasteiger partial charge in [0.2, 0.25) is 0 Å². The monoisotopic (exact) mass is 993 g/mol. The van der Waals surface area contributed by atoms with E-state index in [0.29, 0.717) is 19.3 Å². The number of allylic oxidation sites excluding steroid dienone is 10. The lowest BCUT2D eigenvalue weighted by Crippen LogP contribution is -2.30. The van der Waals surface area contributed by atoms with Gasteiger partial charge >= 0.3 is 17.9 Å². The molecule has 0 bridgehead atoms. The van der Waals surface area contributed by atoms with Crippen LogP contribution in [-0.2, 0) is 28.6 Å². The van der Waals surface area contributed by atoms with Gasteiger partial charge in [-0.3, -0.25) is 14.4 Å². The minimum atomic E-state index is -0.782. The molecule has 71 heavy (non-hydrogen) atoms. The Balaban J connectivity index is 4.38. The van der Waals surface area contributed by atoms with Crippen molar-refractivity contribution in [2.75, 3.05) is 13.2 Å². The van der Waals surface area contributed by atoms with Gasteiger partial charge in [0.05, 0.1) is 0 Å². The van der Waals surface area contributed by atoms with Crippen LogP contribution in [0, 0.1) is 0 Å². The summed E-state index contributed by atoms with van der Waals surface area (Å²) in [6, 6.07) is 0. The number of hydrogen-bond acceptors (Lipinski definition) is 6. The average molecular weight is 994 g/mol. The Kier molecular flexibility index (Phi) is 57.2. The van der Waals surface area contributed by atoms with Crippen molar-refractivity contribution in [1.29, 1.82) is 0 Å². The lowest BCUT2D eigenvalue weighted by atomic mass is 10.1. The third-order valence-electron chi connectivity index (χ3n) is 13.5. The standard InChI is InChI=1S/C65H116O6/c1-4-7-10-13-16-19-22-25-28-30-32-34-37-40-43-46-49-52-55-58-64(67)70-61-62(60-69-63(66)57-54-51-48-45-42-39-36-27-24-21-18-15-12-9-6-3)71-65(68)59-56-53-50-47-44-41-38-35-33-31-29-26-23-20-17-14-11-8-5-2/h16-17,19-20,25-29,36,62H,4-15,18,21-24,30-35,37-61H2,1-3H3/b19-16-,20-17-,28-25-,29-26-,36-27-/t62-/m1/s1. The topological polar surface area (TPSA) is 78.9 Å². The molecule has 6 nitrogen and oxygen atoms in total. The lowest BCUT2D eigenvalue weighted by molar-refractivity contribution is -0.167. The molecule has 0 aromatic carbocycles. The number of unbranched alkanes of at least 4 members (excludes halogenated alkanes) is 35. The Labute approximate surface area is 440 Å². The van der Waals surface area contributed by atoms with Crippen LogP contribution in [0.2, 0.25) is 0 Å². The van der Waals surface area contributed by atoms with Crippen molar-refractivity contribution in [3.8, 4) is 0 Å². The molecular weight excluding hydrogens is 877 g/mol. The number of hydrogen-bond donors (Lipinski definition) is 0. The van der Waals surface area contributed by atoms with Crippen molar-refractivity contribution in [2.24, 2.45) is 0 Å². The molecule has 0 N–H and O–H groups in total. The van der Waals surface area contributed by atoms with Crippen molar-refractivity contribution in [1.82, 2.24) is 0 Å². The Morgan fingerprint density at radius 3 is 0.817 bits per heavy atom. The molecule has 0 aliphatic heterocycles. The normalized spacial score (nSPS) is 12.4. The van der Waals surface area contributed by atoms with Gasteiger partial charge in [0.15, 0.2) is 6.10 Å². The van der Waals surface area contributed by atoms with E-state index < -0.39 is 6.10 Å². The third kappa shape index (κ3) is 57.9. The molecule has 0 saturated carbocycles. The second-order valence-corrected chi connectivity index (χ2v) is 20.6. The quantitative estimate of drug-likeness (QED) is 0.0261. The average Bonchev–Trinajstić information content (AvgIpc) is 3.37. The maximum absolute atomic E-state index is 12.9. The minimum Gasteiger partial charge on any atom is -0.462 e. The molecule has 0 aromatic rings. The molecule has 0 aliphatic carbocycles.